The van der Waals surface area contributed by atoms with Gasteiger partial charge in [0.2, 0.25) is 5.69 Å². The smallest absolute Gasteiger partial charge is 0.211 e. The van der Waals surface area contributed by atoms with E-state index in [1.807, 2.05) is 42.5 Å². The molecular weight excluding hydrogens is 671 g/mol. The number of para-hydroxylation sites is 6. The Hall–Kier alpha value is -7.86. The number of hydrogen-bond acceptors (Lipinski definition) is 0. The minimum absolute atomic E-state index is 0.546. The highest BCUT2D eigenvalue weighted by molar-refractivity contribution is 6.15. The van der Waals surface area contributed by atoms with Gasteiger partial charge in [-0.05, 0) is 59.7 Å². The van der Waals surface area contributed by atoms with E-state index < -0.39 is 0 Å². The van der Waals surface area contributed by atoms with Gasteiger partial charge in [-0.3, -0.25) is 0 Å². The lowest BCUT2D eigenvalue weighted by molar-refractivity contribution is 1.13. The van der Waals surface area contributed by atoms with Crippen LogP contribution in [0.1, 0.15) is 0 Å². The third-order valence-electron chi connectivity index (χ3n) is 11.1. The molecule has 11 rings (SSSR count). The van der Waals surface area contributed by atoms with Crippen LogP contribution >= 0.6 is 0 Å². The van der Waals surface area contributed by atoms with Crippen LogP contribution in [0.5, 0.6) is 0 Å². The molecule has 11 aromatic rings. The average Bonchev–Trinajstić information content (AvgIpc) is 3.89. The SMILES string of the molecule is [C-]#[N+]c1ccc2c3ccccc3n(-c3c([N+]#[C-])cccc3-c3cccc(-n4c5ccccc5c5cccc(-n6c7ccccc7c7ccccc76)c54)c3)c2c1. The summed E-state index contributed by atoms with van der Waals surface area (Å²) in [7, 11) is 0. The predicted octanol–water partition coefficient (Wildman–Crippen LogP) is 13.7. The molecule has 0 radical (unpaired) electrons. The number of benzene rings is 8. The normalized spacial score (nSPS) is 11.6. The summed E-state index contributed by atoms with van der Waals surface area (Å²) in [4.78, 5) is 7.84. The maximum absolute atomic E-state index is 8.34. The number of nitrogens with zero attached hydrogens (tertiary/aromatic N) is 5. The van der Waals surface area contributed by atoms with Crippen molar-refractivity contribution in [2.45, 2.75) is 0 Å². The minimum Gasteiger partial charge on any atom is -0.320 e. The summed E-state index contributed by atoms with van der Waals surface area (Å²) in [6, 6.07) is 61.4. The first kappa shape index (κ1) is 30.7. The summed E-state index contributed by atoms with van der Waals surface area (Å²) in [5, 5.41) is 6.93. The predicted molar refractivity (Wildman–Crippen MR) is 227 cm³/mol. The summed E-state index contributed by atoms with van der Waals surface area (Å²) in [5.41, 5.74) is 12.4. The Morgan fingerprint density at radius 2 is 0.927 bits per heavy atom. The van der Waals surface area contributed by atoms with E-state index in [1.54, 1.807) is 0 Å². The molecule has 0 aliphatic rings. The Bertz CT molecular complexity index is 3420. The van der Waals surface area contributed by atoms with Crippen molar-refractivity contribution in [1.29, 1.82) is 0 Å². The first-order chi connectivity index (χ1) is 27.2. The van der Waals surface area contributed by atoms with Crippen LogP contribution in [0.2, 0.25) is 0 Å². The van der Waals surface area contributed by atoms with Gasteiger partial charge in [-0.25, -0.2) is 9.69 Å². The molecule has 0 N–H and O–H groups in total. The maximum Gasteiger partial charge on any atom is 0.211 e. The average molecular weight is 700 g/mol. The summed E-state index contributed by atoms with van der Waals surface area (Å²) >= 11 is 0. The standard InChI is InChI=1S/C50H29N5/c1-51-33-28-29-40-38-18-5-10-26-46(38)55(48(40)31-33)49-35(20-12-22-42(49)52-2)32-14-11-15-34(30-32)53-43-23-7-6-19-39(43)41-21-13-27-47(50(41)53)54-44-24-8-3-16-36(44)37-17-4-9-25-45(37)54/h3-31H. The van der Waals surface area contributed by atoms with E-state index in [9.17, 15) is 0 Å². The molecule has 0 unspecified atom stereocenters. The zero-order valence-corrected chi connectivity index (χ0v) is 29.5. The third-order valence-corrected chi connectivity index (χ3v) is 11.1. The highest BCUT2D eigenvalue weighted by atomic mass is 15.1. The molecule has 0 saturated heterocycles. The van der Waals surface area contributed by atoms with Crippen molar-refractivity contribution in [1.82, 2.24) is 13.7 Å². The Morgan fingerprint density at radius 3 is 1.58 bits per heavy atom. The molecule has 5 nitrogen and oxygen atoms in total. The summed E-state index contributed by atoms with van der Waals surface area (Å²) in [6.45, 7) is 16.1. The molecule has 0 atom stereocenters. The molecule has 8 aromatic carbocycles. The van der Waals surface area contributed by atoms with Crippen LogP contribution in [-0.4, -0.2) is 13.7 Å². The van der Waals surface area contributed by atoms with Crippen molar-refractivity contribution in [3.63, 3.8) is 0 Å². The zero-order chi connectivity index (χ0) is 36.6. The first-order valence-electron chi connectivity index (χ1n) is 18.3. The van der Waals surface area contributed by atoms with Crippen molar-refractivity contribution in [3.05, 3.63) is 199 Å². The molecule has 0 spiro atoms. The fourth-order valence-corrected chi connectivity index (χ4v) is 8.80. The van der Waals surface area contributed by atoms with E-state index >= 15 is 0 Å². The second kappa shape index (κ2) is 11.8. The van der Waals surface area contributed by atoms with E-state index in [1.165, 1.54) is 21.5 Å². The second-order valence-corrected chi connectivity index (χ2v) is 13.9. The molecule has 3 heterocycles. The lowest BCUT2D eigenvalue weighted by atomic mass is 10.0. The van der Waals surface area contributed by atoms with E-state index in [0.717, 1.165) is 72.1 Å². The molecule has 0 saturated carbocycles. The van der Waals surface area contributed by atoms with Gasteiger partial charge < -0.3 is 13.7 Å². The lowest BCUT2D eigenvalue weighted by Crippen LogP contribution is -2.01. The lowest BCUT2D eigenvalue weighted by Gasteiger charge is -2.18. The van der Waals surface area contributed by atoms with Crippen LogP contribution in [0.4, 0.5) is 11.4 Å². The number of aromatic nitrogens is 3. The molecule has 0 aliphatic heterocycles. The largest absolute Gasteiger partial charge is 0.320 e. The summed E-state index contributed by atoms with van der Waals surface area (Å²) < 4.78 is 6.98. The van der Waals surface area contributed by atoms with Crippen molar-refractivity contribution in [2.75, 3.05) is 0 Å². The van der Waals surface area contributed by atoms with Gasteiger partial charge in [0, 0.05) is 43.5 Å². The summed E-state index contributed by atoms with van der Waals surface area (Å²) in [6.07, 6.45) is 0. The van der Waals surface area contributed by atoms with E-state index in [0.29, 0.717) is 11.4 Å². The summed E-state index contributed by atoms with van der Waals surface area (Å²) in [5.74, 6) is 0. The van der Waals surface area contributed by atoms with Crippen LogP contribution in [-0.2, 0) is 0 Å². The molecule has 3 aromatic heterocycles. The molecule has 5 heteroatoms. The van der Waals surface area contributed by atoms with Gasteiger partial charge in [-0.15, -0.1) is 0 Å². The highest BCUT2D eigenvalue weighted by Crippen LogP contribution is 2.44. The third kappa shape index (κ3) is 4.39. The molecule has 254 valence electrons. The van der Waals surface area contributed by atoms with Crippen molar-refractivity contribution in [2.24, 2.45) is 0 Å². The van der Waals surface area contributed by atoms with Crippen LogP contribution in [0.3, 0.4) is 0 Å². The minimum atomic E-state index is 0.546. The fourth-order valence-electron chi connectivity index (χ4n) is 8.80. The van der Waals surface area contributed by atoms with Gasteiger partial charge in [0.05, 0.1) is 52.1 Å². The number of fused-ring (bicyclic) bond motifs is 9. The zero-order valence-electron chi connectivity index (χ0n) is 29.5. The van der Waals surface area contributed by atoms with Gasteiger partial charge >= 0.3 is 0 Å². The van der Waals surface area contributed by atoms with Gasteiger partial charge in [-0.1, -0.05) is 127 Å². The van der Waals surface area contributed by atoms with Gasteiger partial charge in [0.15, 0.2) is 5.69 Å². The van der Waals surface area contributed by atoms with Crippen LogP contribution in [0.25, 0.3) is 103 Å². The molecule has 0 fully saturated rings. The van der Waals surface area contributed by atoms with Crippen molar-refractivity contribution >= 4 is 76.8 Å². The molecule has 0 bridgehead atoms. The second-order valence-electron chi connectivity index (χ2n) is 13.9. The quantitative estimate of drug-likeness (QED) is 0.163. The van der Waals surface area contributed by atoms with Crippen molar-refractivity contribution in [3.8, 4) is 28.2 Å². The van der Waals surface area contributed by atoms with E-state index in [2.05, 4.69) is 157 Å². The van der Waals surface area contributed by atoms with Crippen LogP contribution in [0, 0.1) is 13.1 Å². The Kier molecular flexibility index (Phi) is 6.61. The topological polar surface area (TPSA) is 23.5 Å². The molecular formula is C50H29N5. The molecule has 55 heavy (non-hydrogen) atoms. The number of hydrogen-bond donors (Lipinski definition) is 0. The van der Waals surface area contributed by atoms with Crippen molar-refractivity contribution < 1.29 is 0 Å². The van der Waals surface area contributed by atoms with Crippen LogP contribution in [0.15, 0.2) is 176 Å². The van der Waals surface area contributed by atoms with Gasteiger partial charge in [0.25, 0.3) is 0 Å². The first-order valence-corrected chi connectivity index (χ1v) is 18.3. The molecule has 0 aliphatic carbocycles. The monoisotopic (exact) mass is 699 g/mol. The highest BCUT2D eigenvalue weighted by Gasteiger charge is 2.22. The Labute approximate surface area is 316 Å². The Morgan fingerprint density at radius 1 is 0.382 bits per heavy atom. The van der Waals surface area contributed by atoms with Gasteiger partial charge in [0.1, 0.15) is 0 Å². The Balaban J connectivity index is 1.21. The molecule has 0 amide bonds. The fraction of sp³-hybridized carbons (Fsp3) is 0. The maximum atomic E-state index is 8.34. The number of rotatable bonds is 4. The van der Waals surface area contributed by atoms with E-state index in [-0.39, 0.29) is 0 Å². The van der Waals surface area contributed by atoms with Gasteiger partial charge in [-0.2, -0.15) is 0 Å². The van der Waals surface area contributed by atoms with E-state index in [4.69, 9.17) is 13.1 Å². The van der Waals surface area contributed by atoms with Crippen LogP contribution < -0.4 is 0 Å².